The van der Waals surface area contributed by atoms with Crippen LogP contribution in [-0.2, 0) is 4.79 Å². The third-order valence-corrected chi connectivity index (χ3v) is 4.52. The van der Waals surface area contributed by atoms with Crippen LogP contribution in [0.15, 0.2) is 0 Å². The molecule has 2 N–H and O–H groups in total. The average Bonchev–Trinajstić information content (AvgIpc) is 3.12. The molecule has 0 aromatic carbocycles. The molecule has 0 spiro atoms. The molecule has 0 aromatic rings. The number of likely N-dealkylation sites (N-methyl/N-ethyl adjacent to an activating group) is 2. The van der Waals surface area contributed by atoms with Crippen molar-refractivity contribution in [2.45, 2.75) is 31.3 Å². The van der Waals surface area contributed by atoms with Crippen molar-refractivity contribution in [3.8, 4) is 0 Å². The number of nitrogens with one attached hydrogen (secondary N) is 1. The highest BCUT2D eigenvalue weighted by molar-refractivity contribution is 5.80. The van der Waals surface area contributed by atoms with Gasteiger partial charge in [-0.2, -0.15) is 0 Å². The standard InChI is InChI=1S/C13H25N3O2/c1-10-8-15(3)6-7-16(10)9-13(14-2,12(17)18)11-4-5-11/h10-11,14H,4-9H2,1-3H3,(H,17,18). The SMILES string of the molecule is CNC(CN1CCN(C)CC1C)(C(=O)O)C1CC1. The lowest BCUT2D eigenvalue weighted by Gasteiger charge is -2.43. The number of nitrogens with zero attached hydrogens (tertiary/aromatic N) is 2. The molecular weight excluding hydrogens is 230 g/mol. The molecule has 0 aromatic heterocycles. The Morgan fingerprint density at radius 2 is 2.11 bits per heavy atom. The molecule has 1 aliphatic heterocycles. The van der Waals surface area contributed by atoms with Crippen molar-refractivity contribution in [2.24, 2.45) is 5.92 Å². The Kier molecular flexibility index (Phi) is 3.94. The molecule has 0 bridgehead atoms. The fraction of sp³-hybridized carbons (Fsp3) is 0.923. The Labute approximate surface area is 109 Å². The van der Waals surface area contributed by atoms with Gasteiger partial charge in [0, 0.05) is 32.2 Å². The van der Waals surface area contributed by atoms with Gasteiger partial charge in [0.2, 0.25) is 0 Å². The molecule has 1 aliphatic carbocycles. The third kappa shape index (κ3) is 2.53. The van der Waals surface area contributed by atoms with Gasteiger partial charge in [-0.3, -0.25) is 9.69 Å². The quantitative estimate of drug-likeness (QED) is 0.728. The Bertz CT molecular complexity index is 319. The van der Waals surface area contributed by atoms with Crippen molar-refractivity contribution in [3.63, 3.8) is 0 Å². The fourth-order valence-electron chi connectivity index (χ4n) is 3.07. The molecule has 2 rings (SSSR count). The summed E-state index contributed by atoms with van der Waals surface area (Å²) in [6.45, 7) is 5.81. The fourth-order valence-corrected chi connectivity index (χ4v) is 3.07. The van der Waals surface area contributed by atoms with E-state index in [0.717, 1.165) is 32.5 Å². The van der Waals surface area contributed by atoms with Crippen LogP contribution in [0.25, 0.3) is 0 Å². The van der Waals surface area contributed by atoms with Crippen LogP contribution in [0.2, 0.25) is 0 Å². The highest BCUT2D eigenvalue weighted by Crippen LogP contribution is 2.40. The minimum absolute atomic E-state index is 0.298. The largest absolute Gasteiger partial charge is 0.480 e. The van der Waals surface area contributed by atoms with Crippen LogP contribution in [0.5, 0.6) is 0 Å². The number of rotatable bonds is 5. The highest BCUT2D eigenvalue weighted by atomic mass is 16.4. The Morgan fingerprint density at radius 3 is 2.56 bits per heavy atom. The lowest BCUT2D eigenvalue weighted by molar-refractivity contribution is -0.147. The lowest BCUT2D eigenvalue weighted by atomic mass is 9.91. The number of aliphatic carboxylic acids is 1. The molecule has 1 saturated carbocycles. The van der Waals surface area contributed by atoms with Crippen LogP contribution >= 0.6 is 0 Å². The summed E-state index contributed by atoms with van der Waals surface area (Å²) in [7, 11) is 3.91. The van der Waals surface area contributed by atoms with Gasteiger partial charge in [-0.15, -0.1) is 0 Å². The predicted molar refractivity (Wildman–Crippen MR) is 70.7 cm³/mol. The molecule has 104 valence electrons. The molecular formula is C13H25N3O2. The maximum Gasteiger partial charge on any atom is 0.325 e. The van der Waals surface area contributed by atoms with Gasteiger partial charge >= 0.3 is 5.97 Å². The molecule has 18 heavy (non-hydrogen) atoms. The number of hydrogen-bond donors (Lipinski definition) is 2. The molecule has 0 amide bonds. The first kappa shape index (κ1) is 13.8. The van der Waals surface area contributed by atoms with Gasteiger partial charge in [0.05, 0.1) is 0 Å². The molecule has 1 heterocycles. The normalized spacial score (nSPS) is 30.1. The molecule has 2 fully saturated rings. The summed E-state index contributed by atoms with van der Waals surface area (Å²) in [6, 6.07) is 0.426. The van der Waals surface area contributed by atoms with Crippen LogP contribution in [0.3, 0.4) is 0 Å². The highest BCUT2D eigenvalue weighted by Gasteiger charge is 2.51. The van der Waals surface area contributed by atoms with Crippen LogP contribution in [-0.4, -0.2) is 72.7 Å². The predicted octanol–water partition coefficient (Wildman–Crippen LogP) is 0.0751. The summed E-state index contributed by atoms with van der Waals surface area (Å²) in [5.74, 6) is -0.398. The minimum atomic E-state index is -0.746. The van der Waals surface area contributed by atoms with Crippen molar-refractivity contribution < 1.29 is 9.90 Å². The summed E-state index contributed by atoms with van der Waals surface area (Å²) in [5.41, 5.74) is -0.746. The molecule has 5 heteroatoms. The number of carbonyl (C=O) groups is 1. The van der Waals surface area contributed by atoms with Crippen molar-refractivity contribution in [1.29, 1.82) is 0 Å². The second kappa shape index (κ2) is 5.15. The van der Waals surface area contributed by atoms with Gasteiger partial charge in [-0.1, -0.05) is 0 Å². The average molecular weight is 255 g/mol. The first-order valence-electron chi connectivity index (χ1n) is 6.84. The Morgan fingerprint density at radius 1 is 1.44 bits per heavy atom. The van der Waals surface area contributed by atoms with Crippen LogP contribution in [0, 0.1) is 5.92 Å². The first-order valence-corrected chi connectivity index (χ1v) is 6.84. The zero-order chi connectivity index (χ0) is 13.3. The summed E-state index contributed by atoms with van der Waals surface area (Å²) in [6.07, 6.45) is 2.07. The number of hydrogen-bond acceptors (Lipinski definition) is 4. The summed E-state index contributed by atoms with van der Waals surface area (Å²) in [5, 5.41) is 12.7. The van der Waals surface area contributed by atoms with E-state index in [-0.39, 0.29) is 0 Å². The van der Waals surface area contributed by atoms with E-state index in [0.29, 0.717) is 18.5 Å². The van der Waals surface area contributed by atoms with Crippen molar-refractivity contribution in [2.75, 3.05) is 40.3 Å². The molecule has 2 aliphatic rings. The molecule has 2 unspecified atom stereocenters. The second-order valence-electron chi connectivity index (χ2n) is 5.88. The van der Waals surface area contributed by atoms with Crippen LogP contribution in [0.1, 0.15) is 19.8 Å². The van der Waals surface area contributed by atoms with E-state index in [1.165, 1.54) is 0 Å². The Hall–Kier alpha value is -0.650. The van der Waals surface area contributed by atoms with Gasteiger partial charge in [-0.25, -0.2) is 0 Å². The van der Waals surface area contributed by atoms with Gasteiger partial charge in [-0.05, 0) is 39.8 Å². The van der Waals surface area contributed by atoms with E-state index < -0.39 is 11.5 Å². The molecule has 0 radical (unpaired) electrons. The number of carboxylic acid groups (broad SMARTS) is 1. The van der Waals surface area contributed by atoms with E-state index >= 15 is 0 Å². The summed E-state index contributed by atoms with van der Waals surface area (Å²) < 4.78 is 0. The van der Waals surface area contributed by atoms with Gasteiger partial charge in [0.25, 0.3) is 0 Å². The number of carboxylic acids is 1. The minimum Gasteiger partial charge on any atom is -0.480 e. The van der Waals surface area contributed by atoms with E-state index in [1.54, 1.807) is 7.05 Å². The van der Waals surface area contributed by atoms with Crippen molar-refractivity contribution in [1.82, 2.24) is 15.1 Å². The summed E-state index contributed by atoms with van der Waals surface area (Å²) >= 11 is 0. The first-order chi connectivity index (χ1) is 8.49. The Balaban J connectivity index is 2.07. The van der Waals surface area contributed by atoms with E-state index in [2.05, 4.69) is 29.1 Å². The smallest absolute Gasteiger partial charge is 0.325 e. The monoisotopic (exact) mass is 255 g/mol. The van der Waals surface area contributed by atoms with Gasteiger partial charge < -0.3 is 15.3 Å². The molecule has 2 atom stereocenters. The maximum atomic E-state index is 11.7. The maximum absolute atomic E-state index is 11.7. The van der Waals surface area contributed by atoms with Crippen molar-refractivity contribution >= 4 is 5.97 Å². The summed E-state index contributed by atoms with van der Waals surface area (Å²) in [4.78, 5) is 16.3. The van der Waals surface area contributed by atoms with E-state index in [9.17, 15) is 9.90 Å². The van der Waals surface area contributed by atoms with Crippen LogP contribution < -0.4 is 5.32 Å². The number of piperazine rings is 1. The molecule has 5 nitrogen and oxygen atoms in total. The van der Waals surface area contributed by atoms with E-state index in [1.807, 2.05) is 0 Å². The molecule has 1 saturated heterocycles. The second-order valence-corrected chi connectivity index (χ2v) is 5.88. The van der Waals surface area contributed by atoms with Gasteiger partial charge in [0.1, 0.15) is 5.54 Å². The van der Waals surface area contributed by atoms with Gasteiger partial charge in [0.15, 0.2) is 0 Å². The van der Waals surface area contributed by atoms with Crippen molar-refractivity contribution in [3.05, 3.63) is 0 Å². The topological polar surface area (TPSA) is 55.8 Å². The third-order valence-electron chi connectivity index (χ3n) is 4.52. The zero-order valence-corrected chi connectivity index (χ0v) is 11.6. The van der Waals surface area contributed by atoms with Crippen LogP contribution in [0.4, 0.5) is 0 Å². The van der Waals surface area contributed by atoms with E-state index in [4.69, 9.17) is 0 Å². The lowest BCUT2D eigenvalue weighted by Crippen LogP contribution is -2.63. The zero-order valence-electron chi connectivity index (χ0n) is 11.6.